The number of nitrogens with two attached hydrogens (primary N) is 1. The molecule has 1 aliphatic rings. The molecule has 1 heterocycles. The number of halogens is 2. The predicted molar refractivity (Wildman–Crippen MR) is 80.5 cm³/mol. The maximum Gasteiger partial charge on any atom is 0.161 e. The molecule has 0 spiro atoms. The van der Waals surface area contributed by atoms with Crippen LogP contribution in [0.2, 0.25) is 0 Å². The van der Waals surface area contributed by atoms with Gasteiger partial charge in [-0.25, -0.2) is 9.82 Å². The van der Waals surface area contributed by atoms with E-state index < -0.39 is 12.1 Å². The predicted octanol–water partition coefficient (Wildman–Crippen LogP) is 2.93. The van der Waals surface area contributed by atoms with Crippen LogP contribution in [0, 0.1) is 5.82 Å². The van der Waals surface area contributed by atoms with Gasteiger partial charge in [-0.05, 0) is 30.3 Å². The van der Waals surface area contributed by atoms with Gasteiger partial charge < -0.3 is 9.47 Å². The topological polar surface area (TPSA) is 56.5 Å². The zero-order chi connectivity index (χ0) is 14.8. The van der Waals surface area contributed by atoms with E-state index in [2.05, 4.69) is 21.4 Å². The summed E-state index contributed by atoms with van der Waals surface area (Å²) in [5.74, 6) is 6.57. The number of hydrogen-bond donors (Lipinski definition) is 2. The number of nitrogens with one attached hydrogen (secondary N) is 1. The first-order valence-electron chi connectivity index (χ1n) is 6.48. The van der Waals surface area contributed by atoms with Gasteiger partial charge in [-0.15, -0.1) is 0 Å². The maximum atomic E-state index is 14.0. The van der Waals surface area contributed by atoms with Crippen molar-refractivity contribution in [3.8, 4) is 11.5 Å². The summed E-state index contributed by atoms with van der Waals surface area (Å²) in [5.41, 5.74) is 3.05. The molecule has 2 aromatic rings. The molecular weight excluding hydrogens is 339 g/mol. The lowest BCUT2D eigenvalue weighted by Gasteiger charge is -2.32. The van der Waals surface area contributed by atoms with Crippen molar-refractivity contribution in [3.63, 3.8) is 0 Å². The van der Waals surface area contributed by atoms with Gasteiger partial charge >= 0.3 is 0 Å². The average Bonchev–Trinajstić information content (AvgIpc) is 2.51. The van der Waals surface area contributed by atoms with Crippen molar-refractivity contribution in [2.24, 2.45) is 5.84 Å². The Labute approximate surface area is 130 Å². The van der Waals surface area contributed by atoms with E-state index in [4.69, 9.17) is 15.3 Å². The van der Waals surface area contributed by atoms with Crippen LogP contribution in [0.4, 0.5) is 4.39 Å². The number of para-hydroxylation sites is 2. The fourth-order valence-electron chi connectivity index (χ4n) is 2.35. The van der Waals surface area contributed by atoms with Gasteiger partial charge in [0.15, 0.2) is 17.6 Å². The zero-order valence-corrected chi connectivity index (χ0v) is 12.6. The molecule has 0 saturated heterocycles. The minimum Gasteiger partial charge on any atom is -0.486 e. The first-order valence-corrected chi connectivity index (χ1v) is 7.28. The zero-order valence-electron chi connectivity index (χ0n) is 11.1. The van der Waals surface area contributed by atoms with Gasteiger partial charge in [0, 0.05) is 10.0 Å². The van der Waals surface area contributed by atoms with Gasteiger partial charge in [-0.2, -0.15) is 0 Å². The second kappa shape index (κ2) is 6.01. The van der Waals surface area contributed by atoms with E-state index in [1.165, 1.54) is 6.07 Å². The van der Waals surface area contributed by atoms with Crippen LogP contribution in [-0.4, -0.2) is 12.7 Å². The van der Waals surface area contributed by atoms with E-state index in [1.807, 2.05) is 24.3 Å². The Hall–Kier alpha value is -1.63. The first-order chi connectivity index (χ1) is 10.2. The summed E-state index contributed by atoms with van der Waals surface area (Å²) in [7, 11) is 0. The maximum absolute atomic E-state index is 14.0. The largest absolute Gasteiger partial charge is 0.486 e. The number of fused-ring (bicyclic) bond motifs is 1. The van der Waals surface area contributed by atoms with Crippen molar-refractivity contribution < 1.29 is 13.9 Å². The molecule has 21 heavy (non-hydrogen) atoms. The summed E-state index contributed by atoms with van der Waals surface area (Å²) < 4.78 is 26.4. The van der Waals surface area contributed by atoms with Gasteiger partial charge in [0.25, 0.3) is 0 Å². The van der Waals surface area contributed by atoms with E-state index in [1.54, 1.807) is 12.1 Å². The molecule has 2 atom stereocenters. The van der Waals surface area contributed by atoms with Crippen LogP contribution in [0.1, 0.15) is 11.6 Å². The van der Waals surface area contributed by atoms with E-state index in [0.29, 0.717) is 17.1 Å². The molecule has 3 rings (SSSR count). The summed E-state index contributed by atoms with van der Waals surface area (Å²) in [4.78, 5) is 0. The molecular formula is C15H14BrFN2O2. The van der Waals surface area contributed by atoms with Gasteiger partial charge in [-0.1, -0.05) is 28.1 Å². The smallest absolute Gasteiger partial charge is 0.161 e. The van der Waals surface area contributed by atoms with Gasteiger partial charge in [0.05, 0.1) is 6.04 Å². The SMILES string of the molecule is NNC(c1cc(Br)ccc1F)C1COc2ccccc2O1. The molecule has 0 aromatic heterocycles. The highest BCUT2D eigenvalue weighted by atomic mass is 79.9. The van der Waals surface area contributed by atoms with E-state index in [9.17, 15) is 4.39 Å². The Morgan fingerprint density at radius 2 is 2.00 bits per heavy atom. The molecule has 6 heteroatoms. The van der Waals surface area contributed by atoms with Crippen molar-refractivity contribution in [3.05, 3.63) is 58.3 Å². The molecule has 1 aliphatic heterocycles. The summed E-state index contributed by atoms with van der Waals surface area (Å²) in [6.45, 7) is 0.290. The Balaban J connectivity index is 1.90. The molecule has 0 bridgehead atoms. The van der Waals surface area contributed by atoms with Crippen LogP contribution >= 0.6 is 15.9 Å². The van der Waals surface area contributed by atoms with Crippen molar-refractivity contribution >= 4 is 15.9 Å². The van der Waals surface area contributed by atoms with Gasteiger partial charge in [0.2, 0.25) is 0 Å². The number of hydrazine groups is 1. The molecule has 3 N–H and O–H groups in total. The normalized spacial score (nSPS) is 18.3. The van der Waals surface area contributed by atoms with Crippen LogP contribution in [-0.2, 0) is 0 Å². The van der Waals surface area contributed by atoms with Crippen LogP contribution in [0.15, 0.2) is 46.9 Å². The molecule has 2 unspecified atom stereocenters. The third kappa shape index (κ3) is 2.88. The van der Waals surface area contributed by atoms with Gasteiger partial charge in [-0.3, -0.25) is 5.84 Å². The van der Waals surface area contributed by atoms with Crippen molar-refractivity contribution in [1.82, 2.24) is 5.43 Å². The minimum atomic E-state index is -0.518. The minimum absolute atomic E-state index is 0.290. The van der Waals surface area contributed by atoms with Crippen LogP contribution in [0.5, 0.6) is 11.5 Å². The number of rotatable bonds is 3. The summed E-state index contributed by atoms with van der Waals surface area (Å²) in [6, 6.07) is 11.6. The third-order valence-electron chi connectivity index (χ3n) is 3.38. The van der Waals surface area contributed by atoms with Crippen molar-refractivity contribution in [2.75, 3.05) is 6.61 Å². The molecule has 0 aliphatic carbocycles. The fraction of sp³-hybridized carbons (Fsp3) is 0.200. The summed E-state index contributed by atoms with van der Waals surface area (Å²) in [5, 5.41) is 0. The highest BCUT2D eigenvalue weighted by Crippen LogP contribution is 2.35. The highest BCUT2D eigenvalue weighted by Gasteiger charge is 2.31. The van der Waals surface area contributed by atoms with Gasteiger partial charge in [0.1, 0.15) is 12.4 Å². The molecule has 0 saturated carbocycles. The summed E-state index contributed by atoms with van der Waals surface area (Å²) in [6.07, 6.45) is -0.423. The van der Waals surface area contributed by atoms with Crippen molar-refractivity contribution in [2.45, 2.75) is 12.1 Å². The van der Waals surface area contributed by atoms with Crippen LogP contribution in [0.3, 0.4) is 0 Å². The lowest BCUT2D eigenvalue weighted by molar-refractivity contribution is 0.0607. The second-order valence-electron chi connectivity index (χ2n) is 4.72. The average molecular weight is 353 g/mol. The quantitative estimate of drug-likeness (QED) is 0.658. The standard InChI is InChI=1S/C15H14BrFN2O2/c16-9-5-6-11(17)10(7-9)15(19-18)14-8-20-12-3-1-2-4-13(12)21-14/h1-7,14-15,19H,8,18H2. The number of benzene rings is 2. The fourth-order valence-corrected chi connectivity index (χ4v) is 2.73. The first kappa shape index (κ1) is 14.3. The van der Waals surface area contributed by atoms with Crippen LogP contribution in [0.25, 0.3) is 0 Å². The Morgan fingerprint density at radius 1 is 1.24 bits per heavy atom. The highest BCUT2D eigenvalue weighted by molar-refractivity contribution is 9.10. The number of ether oxygens (including phenoxy) is 2. The summed E-state index contributed by atoms with van der Waals surface area (Å²) >= 11 is 3.34. The Morgan fingerprint density at radius 3 is 2.76 bits per heavy atom. The van der Waals surface area contributed by atoms with Crippen molar-refractivity contribution in [1.29, 1.82) is 0 Å². The molecule has 0 radical (unpaired) electrons. The molecule has 110 valence electrons. The van der Waals surface area contributed by atoms with Crippen LogP contribution < -0.4 is 20.7 Å². The molecule has 4 nitrogen and oxygen atoms in total. The molecule has 2 aromatic carbocycles. The van der Waals surface area contributed by atoms with E-state index >= 15 is 0 Å². The van der Waals surface area contributed by atoms with E-state index in [-0.39, 0.29) is 12.4 Å². The Kier molecular flexibility index (Phi) is 4.10. The Bertz CT molecular complexity index is 653. The second-order valence-corrected chi connectivity index (χ2v) is 5.64. The lowest BCUT2D eigenvalue weighted by atomic mass is 10.0. The molecule has 0 amide bonds. The molecule has 0 fully saturated rings. The number of hydrogen-bond acceptors (Lipinski definition) is 4. The van der Waals surface area contributed by atoms with E-state index in [0.717, 1.165) is 4.47 Å². The lowest BCUT2D eigenvalue weighted by Crippen LogP contribution is -2.44. The third-order valence-corrected chi connectivity index (χ3v) is 3.87. The monoisotopic (exact) mass is 352 g/mol.